The monoisotopic (exact) mass is 258 g/mol. The summed E-state index contributed by atoms with van der Waals surface area (Å²) < 4.78 is 0. The van der Waals surface area contributed by atoms with Gasteiger partial charge >= 0.3 is 5.97 Å². The van der Waals surface area contributed by atoms with Gasteiger partial charge in [-0.05, 0) is 24.1 Å². The van der Waals surface area contributed by atoms with Crippen molar-refractivity contribution < 1.29 is 15.0 Å². The molecule has 98 valence electrons. The Morgan fingerprint density at radius 3 is 2.53 bits per heavy atom. The molecule has 0 saturated heterocycles. The molecule has 5 heteroatoms. The Bertz CT molecular complexity index is 540. The van der Waals surface area contributed by atoms with E-state index in [9.17, 15) is 9.90 Å². The molecule has 0 bridgehead atoms. The average molecular weight is 258 g/mol. The molecular formula is C14H14N2O3. The van der Waals surface area contributed by atoms with E-state index in [2.05, 4.69) is 10.2 Å². The van der Waals surface area contributed by atoms with Gasteiger partial charge in [0.05, 0.1) is 18.2 Å². The van der Waals surface area contributed by atoms with Crippen molar-refractivity contribution in [1.82, 2.24) is 10.2 Å². The lowest BCUT2D eigenvalue weighted by atomic mass is 10.0. The van der Waals surface area contributed by atoms with Gasteiger partial charge in [0, 0.05) is 11.8 Å². The van der Waals surface area contributed by atoms with Crippen LogP contribution in [0.1, 0.15) is 12.0 Å². The van der Waals surface area contributed by atoms with E-state index in [1.54, 1.807) is 6.20 Å². The number of carboxylic acid groups (broad SMARTS) is 1. The first kappa shape index (κ1) is 13.2. The second-order valence-corrected chi connectivity index (χ2v) is 4.26. The molecule has 0 fully saturated rings. The van der Waals surface area contributed by atoms with E-state index in [1.165, 1.54) is 0 Å². The lowest BCUT2D eigenvalue weighted by Crippen LogP contribution is -2.15. The number of aliphatic hydroxyl groups excluding tert-OH is 1. The van der Waals surface area contributed by atoms with Crippen LogP contribution in [-0.2, 0) is 11.2 Å². The number of carboxylic acids is 1. The number of hydrogen-bond donors (Lipinski definition) is 2. The van der Waals surface area contributed by atoms with Gasteiger partial charge in [0.1, 0.15) is 0 Å². The fourth-order valence-corrected chi connectivity index (χ4v) is 1.81. The van der Waals surface area contributed by atoms with Crippen LogP contribution >= 0.6 is 0 Å². The third kappa shape index (κ3) is 3.86. The van der Waals surface area contributed by atoms with Crippen LogP contribution in [0.15, 0.2) is 42.6 Å². The molecule has 5 nitrogen and oxygen atoms in total. The van der Waals surface area contributed by atoms with Crippen LogP contribution in [0.5, 0.6) is 0 Å². The van der Waals surface area contributed by atoms with Gasteiger partial charge in [0.15, 0.2) is 0 Å². The van der Waals surface area contributed by atoms with Crippen LogP contribution in [0.25, 0.3) is 11.3 Å². The summed E-state index contributed by atoms with van der Waals surface area (Å²) in [5, 5.41) is 25.9. The zero-order chi connectivity index (χ0) is 13.7. The third-order valence-corrected chi connectivity index (χ3v) is 2.70. The van der Waals surface area contributed by atoms with Crippen molar-refractivity contribution in [3.05, 3.63) is 48.2 Å². The summed E-state index contributed by atoms with van der Waals surface area (Å²) in [5.74, 6) is -0.997. The maximum Gasteiger partial charge on any atom is 0.305 e. The largest absolute Gasteiger partial charge is 0.481 e. The summed E-state index contributed by atoms with van der Waals surface area (Å²) in [4.78, 5) is 10.5. The van der Waals surface area contributed by atoms with Gasteiger partial charge in [-0.1, -0.05) is 24.3 Å². The molecule has 1 atom stereocenters. The Labute approximate surface area is 110 Å². The molecule has 1 unspecified atom stereocenters. The summed E-state index contributed by atoms with van der Waals surface area (Å²) >= 11 is 0. The Balaban J connectivity index is 2.05. The topological polar surface area (TPSA) is 83.3 Å². The van der Waals surface area contributed by atoms with Gasteiger partial charge in [-0.25, -0.2) is 0 Å². The van der Waals surface area contributed by atoms with Crippen molar-refractivity contribution in [3.8, 4) is 11.3 Å². The quantitative estimate of drug-likeness (QED) is 0.849. The second kappa shape index (κ2) is 6.06. The zero-order valence-electron chi connectivity index (χ0n) is 10.2. The lowest BCUT2D eigenvalue weighted by Gasteiger charge is -2.08. The summed E-state index contributed by atoms with van der Waals surface area (Å²) in [6.07, 6.45) is 0.832. The molecule has 2 rings (SSSR count). The third-order valence-electron chi connectivity index (χ3n) is 2.70. The van der Waals surface area contributed by atoms with Gasteiger partial charge in [0.2, 0.25) is 0 Å². The van der Waals surface area contributed by atoms with E-state index in [0.29, 0.717) is 6.42 Å². The van der Waals surface area contributed by atoms with Crippen LogP contribution in [0.4, 0.5) is 0 Å². The summed E-state index contributed by atoms with van der Waals surface area (Å²) in [6, 6.07) is 11.2. The highest BCUT2D eigenvalue weighted by molar-refractivity contribution is 5.67. The molecule has 0 saturated carbocycles. The van der Waals surface area contributed by atoms with Crippen molar-refractivity contribution in [2.75, 3.05) is 0 Å². The second-order valence-electron chi connectivity index (χ2n) is 4.26. The molecule has 2 N–H and O–H groups in total. The number of aliphatic hydroxyl groups is 1. The molecule has 1 aromatic heterocycles. The van der Waals surface area contributed by atoms with Gasteiger partial charge in [-0.3, -0.25) is 4.79 Å². The number of benzene rings is 1. The molecule has 1 heterocycles. The average Bonchev–Trinajstić information content (AvgIpc) is 2.39. The summed E-state index contributed by atoms with van der Waals surface area (Å²) in [7, 11) is 0. The normalized spacial score (nSPS) is 12.1. The first-order valence-electron chi connectivity index (χ1n) is 5.92. The Hall–Kier alpha value is -2.27. The van der Waals surface area contributed by atoms with Crippen LogP contribution in [0, 0.1) is 0 Å². The highest BCUT2D eigenvalue weighted by atomic mass is 16.4. The molecule has 0 radical (unpaired) electrons. The minimum absolute atomic E-state index is 0.244. The van der Waals surface area contributed by atoms with E-state index in [-0.39, 0.29) is 6.42 Å². The highest BCUT2D eigenvalue weighted by Crippen LogP contribution is 2.17. The molecule has 1 aromatic carbocycles. The first-order chi connectivity index (χ1) is 9.15. The van der Waals surface area contributed by atoms with Crippen molar-refractivity contribution >= 4 is 5.97 Å². The molecule has 19 heavy (non-hydrogen) atoms. The van der Waals surface area contributed by atoms with E-state index < -0.39 is 12.1 Å². The molecule has 0 aliphatic heterocycles. The fraction of sp³-hybridized carbons (Fsp3) is 0.214. The molecule has 0 spiro atoms. The molecule has 2 aromatic rings. The maximum atomic E-state index is 10.5. The number of aromatic nitrogens is 2. The van der Waals surface area contributed by atoms with Gasteiger partial charge in [-0.2, -0.15) is 10.2 Å². The van der Waals surface area contributed by atoms with Crippen LogP contribution in [-0.4, -0.2) is 32.5 Å². The summed E-state index contributed by atoms with van der Waals surface area (Å²) in [6.45, 7) is 0. The number of hydrogen-bond acceptors (Lipinski definition) is 4. The standard InChI is InChI=1S/C14H14N2O3/c17-12(9-14(18)19)8-10-3-5-11(6-4-10)13-2-1-7-15-16-13/h1-7,12,17H,8-9H2,(H,18,19). The van der Waals surface area contributed by atoms with E-state index in [4.69, 9.17) is 5.11 Å². The first-order valence-corrected chi connectivity index (χ1v) is 5.92. The van der Waals surface area contributed by atoms with Crippen molar-refractivity contribution in [1.29, 1.82) is 0 Å². The van der Waals surface area contributed by atoms with Gasteiger partial charge in [-0.15, -0.1) is 0 Å². The van der Waals surface area contributed by atoms with Crippen molar-refractivity contribution in [2.24, 2.45) is 0 Å². The van der Waals surface area contributed by atoms with Gasteiger partial charge in [0.25, 0.3) is 0 Å². The van der Waals surface area contributed by atoms with Crippen molar-refractivity contribution in [2.45, 2.75) is 18.9 Å². The van der Waals surface area contributed by atoms with Crippen molar-refractivity contribution in [3.63, 3.8) is 0 Å². The predicted molar refractivity (Wildman–Crippen MR) is 69.4 cm³/mol. The number of rotatable bonds is 5. The van der Waals surface area contributed by atoms with Crippen LogP contribution in [0.3, 0.4) is 0 Å². The fourth-order valence-electron chi connectivity index (χ4n) is 1.81. The van der Waals surface area contributed by atoms with Crippen LogP contribution in [0.2, 0.25) is 0 Å². The highest BCUT2D eigenvalue weighted by Gasteiger charge is 2.10. The SMILES string of the molecule is O=C(O)CC(O)Cc1ccc(-c2cccnn2)cc1. The Kier molecular flexibility index (Phi) is 4.20. The van der Waals surface area contributed by atoms with Gasteiger partial charge < -0.3 is 10.2 Å². The molecule has 0 aliphatic rings. The molecule has 0 amide bonds. The smallest absolute Gasteiger partial charge is 0.305 e. The maximum absolute atomic E-state index is 10.5. The predicted octanol–water partition coefficient (Wildman–Crippen LogP) is 1.52. The van der Waals surface area contributed by atoms with E-state index in [0.717, 1.165) is 16.8 Å². The minimum Gasteiger partial charge on any atom is -0.481 e. The van der Waals surface area contributed by atoms with E-state index in [1.807, 2.05) is 36.4 Å². The molecular weight excluding hydrogens is 244 g/mol. The Morgan fingerprint density at radius 1 is 1.21 bits per heavy atom. The zero-order valence-corrected chi connectivity index (χ0v) is 10.2. The lowest BCUT2D eigenvalue weighted by molar-refractivity contribution is -0.139. The molecule has 0 aliphatic carbocycles. The number of aliphatic carboxylic acids is 1. The Morgan fingerprint density at radius 2 is 1.95 bits per heavy atom. The number of nitrogens with zero attached hydrogens (tertiary/aromatic N) is 2. The number of carbonyl (C=O) groups is 1. The van der Waals surface area contributed by atoms with Crippen LogP contribution < -0.4 is 0 Å². The minimum atomic E-state index is -0.997. The summed E-state index contributed by atoms with van der Waals surface area (Å²) in [5.41, 5.74) is 2.60. The van der Waals surface area contributed by atoms with E-state index >= 15 is 0 Å².